The number of thiazole rings is 1. The van der Waals surface area contributed by atoms with Gasteiger partial charge in [-0.25, -0.2) is 9.37 Å². The summed E-state index contributed by atoms with van der Waals surface area (Å²) < 4.78 is 13.7. The van der Waals surface area contributed by atoms with Crippen molar-refractivity contribution >= 4 is 32.3 Å². The van der Waals surface area contributed by atoms with Crippen LogP contribution in [-0.4, -0.2) is 16.5 Å². The van der Waals surface area contributed by atoms with E-state index in [1.807, 2.05) is 6.92 Å². The monoisotopic (exact) mass is 301 g/mol. The molecule has 0 aliphatic heterocycles. The number of nitrogens with zero attached hydrogens (tertiary/aromatic N) is 2. The van der Waals surface area contributed by atoms with Gasteiger partial charge in [0.05, 0.1) is 6.20 Å². The molecule has 0 amide bonds. The molecule has 6 heteroatoms. The molecule has 0 aliphatic carbocycles. The molecule has 0 aliphatic rings. The van der Waals surface area contributed by atoms with Gasteiger partial charge in [-0.05, 0) is 28.9 Å². The van der Waals surface area contributed by atoms with Crippen molar-refractivity contribution in [1.29, 1.82) is 0 Å². The van der Waals surface area contributed by atoms with Gasteiger partial charge in [-0.2, -0.15) is 0 Å². The summed E-state index contributed by atoms with van der Waals surface area (Å²) in [6, 6.07) is 1.42. The number of pyridine rings is 1. The minimum absolute atomic E-state index is 0.353. The lowest BCUT2D eigenvalue weighted by molar-refractivity contribution is 0.622. The molecular formula is C10H9BrFN3S. The van der Waals surface area contributed by atoms with Crippen LogP contribution in [0.15, 0.2) is 23.1 Å². The largest absolute Gasteiger partial charge is 0.375 e. The van der Waals surface area contributed by atoms with Crippen molar-refractivity contribution in [3.05, 3.63) is 28.9 Å². The van der Waals surface area contributed by atoms with Gasteiger partial charge < -0.3 is 5.32 Å². The zero-order chi connectivity index (χ0) is 11.5. The molecule has 1 N–H and O–H groups in total. The molecule has 84 valence electrons. The van der Waals surface area contributed by atoms with Crippen molar-refractivity contribution in [2.45, 2.75) is 6.92 Å². The number of anilines is 1. The molecule has 0 atom stereocenters. The van der Waals surface area contributed by atoms with Crippen molar-refractivity contribution in [3.63, 3.8) is 0 Å². The topological polar surface area (TPSA) is 37.8 Å². The van der Waals surface area contributed by atoms with Gasteiger partial charge in [0.1, 0.15) is 20.4 Å². The fraction of sp³-hybridized carbons (Fsp3) is 0.200. The normalized spacial score (nSPS) is 10.4. The van der Waals surface area contributed by atoms with Crippen LogP contribution >= 0.6 is 27.3 Å². The van der Waals surface area contributed by atoms with E-state index < -0.39 is 0 Å². The van der Waals surface area contributed by atoms with Crippen LogP contribution < -0.4 is 5.32 Å². The molecule has 0 saturated carbocycles. The maximum absolute atomic E-state index is 13.0. The van der Waals surface area contributed by atoms with Crippen LogP contribution in [0.2, 0.25) is 0 Å². The van der Waals surface area contributed by atoms with E-state index in [0.29, 0.717) is 5.56 Å². The van der Waals surface area contributed by atoms with Crippen LogP contribution in [0.3, 0.4) is 0 Å². The number of aromatic nitrogens is 2. The Bertz CT molecular complexity index is 501. The lowest BCUT2D eigenvalue weighted by atomic mass is 10.3. The Morgan fingerprint density at radius 2 is 2.31 bits per heavy atom. The molecule has 2 aromatic rings. The molecule has 16 heavy (non-hydrogen) atoms. The number of nitrogens with one attached hydrogen (secondary N) is 1. The number of hydrogen-bond acceptors (Lipinski definition) is 4. The van der Waals surface area contributed by atoms with E-state index >= 15 is 0 Å². The lowest BCUT2D eigenvalue weighted by Crippen LogP contribution is -1.93. The Labute approximate surface area is 105 Å². The zero-order valence-electron chi connectivity index (χ0n) is 8.50. The summed E-state index contributed by atoms with van der Waals surface area (Å²) in [5.41, 5.74) is 0.690. The number of halogens is 2. The second-order valence-corrected chi connectivity index (χ2v) is 4.81. The summed E-state index contributed by atoms with van der Waals surface area (Å²) in [5, 5.41) is 4.87. The second kappa shape index (κ2) is 4.88. The first kappa shape index (κ1) is 11.5. The predicted molar refractivity (Wildman–Crippen MR) is 67.2 cm³/mol. The van der Waals surface area contributed by atoms with Crippen LogP contribution in [0.1, 0.15) is 6.92 Å². The van der Waals surface area contributed by atoms with Crippen molar-refractivity contribution in [2.24, 2.45) is 0 Å². The summed E-state index contributed by atoms with van der Waals surface area (Å²) in [7, 11) is 0. The van der Waals surface area contributed by atoms with Gasteiger partial charge in [0, 0.05) is 18.3 Å². The third-order valence-electron chi connectivity index (χ3n) is 1.87. The highest BCUT2D eigenvalue weighted by Crippen LogP contribution is 2.34. The Balaban J connectivity index is 2.37. The predicted octanol–water partition coefficient (Wildman–Crippen LogP) is 3.54. The maximum atomic E-state index is 13.0. The summed E-state index contributed by atoms with van der Waals surface area (Å²) in [6.07, 6.45) is 2.78. The molecule has 2 rings (SSSR count). The van der Waals surface area contributed by atoms with E-state index in [1.165, 1.54) is 23.6 Å². The van der Waals surface area contributed by atoms with Crippen LogP contribution in [-0.2, 0) is 0 Å². The molecule has 0 unspecified atom stereocenters. The first-order valence-corrected chi connectivity index (χ1v) is 6.32. The summed E-state index contributed by atoms with van der Waals surface area (Å²) in [5.74, 6) is -0.353. The molecule has 0 spiro atoms. The van der Waals surface area contributed by atoms with Gasteiger partial charge in [0.25, 0.3) is 0 Å². The highest BCUT2D eigenvalue weighted by Gasteiger charge is 2.10. The molecule has 2 heterocycles. The first-order valence-electron chi connectivity index (χ1n) is 4.72. The highest BCUT2D eigenvalue weighted by molar-refractivity contribution is 9.10. The minimum Gasteiger partial charge on any atom is -0.375 e. The van der Waals surface area contributed by atoms with E-state index in [2.05, 4.69) is 31.2 Å². The SMILES string of the molecule is CCNc1sc(-c2cncc(F)c2)nc1Br. The van der Waals surface area contributed by atoms with Crippen molar-refractivity contribution < 1.29 is 4.39 Å². The van der Waals surface area contributed by atoms with E-state index in [0.717, 1.165) is 21.2 Å². The summed E-state index contributed by atoms with van der Waals surface area (Å²) >= 11 is 4.83. The van der Waals surface area contributed by atoms with Crippen LogP contribution in [0, 0.1) is 5.82 Å². The Kier molecular flexibility index (Phi) is 3.50. The van der Waals surface area contributed by atoms with Crippen LogP contribution in [0.25, 0.3) is 10.6 Å². The third-order valence-corrected chi connectivity index (χ3v) is 3.77. The van der Waals surface area contributed by atoms with Gasteiger partial charge in [-0.1, -0.05) is 11.3 Å². The zero-order valence-corrected chi connectivity index (χ0v) is 10.9. The molecule has 3 nitrogen and oxygen atoms in total. The van der Waals surface area contributed by atoms with E-state index in [4.69, 9.17) is 0 Å². The number of hydrogen-bond donors (Lipinski definition) is 1. The molecule has 0 aromatic carbocycles. The molecule has 0 bridgehead atoms. The van der Waals surface area contributed by atoms with Crippen LogP contribution in [0.5, 0.6) is 0 Å². The Morgan fingerprint density at radius 1 is 1.50 bits per heavy atom. The molecular weight excluding hydrogens is 293 g/mol. The van der Waals surface area contributed by atoms with E-state index in [1.54, 1.807) is 6.20 Å². The van der Waals surface area contributed by atoms with E-state index in [-0.39, 0.29) is 5.82 Å². The summed E-state index contributed by atoms with van der Waals surface area (Å²) in [4.78, 5) is 8.11. The quantitative estimate of drug-likeness (QED) is 0.942. The van der Waals surface area contributed by atoms with Crippen molar-refractivity contribution in [1.82, 2.24) is 9.97 Å². The average molecular weight is 302 g/mol. The van der Waals surface area contributed by atoms with Crippen molar-refractivity contribution in [3.8, 4) is 10.6 Å². The standard InChI is InChI=1S/C10H9BrFN3S/c1-2-14-10-8(11)15-9(16-10)6-3-7(12)5-13-4-6/h3-5,14H,2H2,1H3. The van der Waals surface area contributed by atoms with Gasteiger partial charge in [0.2, 0.25) is 0 Å². The minimum atomic E-state index is -0.353. The maximum Gasteiger partial charge on any atom is 0.142 e. The van der Waals surface area contributed by atoms with Gasteiger partial charge in [-0.3, -0.25) is 4.98 Å². The van der Waals surface area contributed by atoms with Crippen molar-refractivity contribution in [2.75, 3.05) is 11.9 Å². The molecule has 0 fully saturated rings. The Hall–Kier alpha value is -1.01. The van der Waals surface area contributed by atoms with Gasteiger partial charge in [0.15, 0.2) is 0 Å². The second-order valence-electron chi connectivity index (χ2n) is 3.06. The Morgan fingerprint density at radius 3 is 3.00 bits per heavy atom. The van der Waals surface area contributed by atoms with Crippen LogP contribution in [0.4, 0.5) is 9.39 Å². The fourth-order valence-electron chi connectivity index (χ4n) is 1.22. The average Bonchev–Trinajstić information content (AvgIpc) is 2.61. The lowest BCUT2D eigenvalue weighted by Gasteiger charge is -1.96. The number of rotatable bonds is 3. The highest BCUT2D eigenvalue weighted by atomic mass is 79.9. The first-order chi connectivity index (χ1) is 7.70. The molecule has 0 saturated heterocycles. The summed E-state index contributed by atoms with van der Waals surface area (Å²) in [6.45, 7) is 2.83. The fourth-order valence-corrected chi connectivity index (χ4v) is 2.81. The van der Waals surface area contributed by atoms with Gasteiger partial charge >= 0.3 is 0 Å². The molecule has 2 aromatic heterocycles. The van der Waals surface area contributed by atoms with Gasteiger partial charge in [-0.15, -0.1) is 0 Å². The molecule has 0 radical (unpaired) electrons. The smallest absolute Gasteiger partial charge is 0.142 e. The van der Waals surface area contributed by atoms with E-state index in [9.17, 15) is 4.39 Å². The third kappa shape index (κ3) is 2.38.